The second-order valence-corrected chi connectivity index (χ2v) is 4.90. The molecule has 0 aliphatic carbocycles. The molecule has 1 aromatic rings. The normalized spacial score (nSPS) is 13.2. The number of nitrogens with two attached hydrogens (primary N) is 1. The number of alkyl carbamates (subject to hydrolysis) is 1. The lowest BCUT2D eigenvalue weighted by atomic mass is 10.2. The first kappa shape index (κ1) is 13.5. The van der Waals surface area contributed by atoms with Crippen molar-refractivity contribution in [2.24, 2.45) is 12.8 Å². The lowest BCUT2D eigenvalue weighted by molar-refractivity contribution is 0.0524. The SMILES string of the molecule is Cn1ccc(C(N)CNC(=O)OC(C)(C)C)n1. The number of nitrogens with zero attached hydrogens (tertiary/aromatic N) is 2. The molecule has 1 amide bonds. The van der Waals surface area contributed by atoms with Gasteiger partial charge in [0.25, 0.3) is 0 Å². The van der Waals surface area contributed by atoms with Crippen LogP contribution in [-0.2, 0) is 11.8 Å². The van der Waals surface area contributed by atoms with E-state index >= 15 is 0 Å². The molecule has 6 heteroatoms. The highest BCUT2D eigenvalue weighted by molar-refractivity contribution is 5.67. The summed E-state index contributed by atoms with van der Waals surface area (Å²) in [6.07, 6.45) is 1.34. The number of rotatable bonds is 3. The zero-order valence-electron chi connectivity index (χ0n) is 10.7. The zero-order valence-corrected chi connectivity index (χ0v) is 10.7. The van der Waals surface area contributed by atoms with E-state index < -0.39 is 11.7 Å². The van der Waals surface area contributed by atoms with E-state index in [1.54, 1.807) is 4.68 Å². The lowest BCUT2D eigenvalue weighted by Gasteiger charge is -2.20. The van der Waals surface area contributed by atoms with E-state index in [0.29, 0.717) is 6.54 Å². The molecule has 1 heterocycles. The summed E-state index contributed by atoms with van der Waals surface area (Å²) in [6.45, 7) is 5.73. The van der Waals surface area contributed by atoms with Gasteiger partial charge in [0.05, 0.1) is 11.7 Å². The number of aryl methyl sites for hydroxylation is 1. The van der Waals surface area contributed by atoms with Crippen molar-refractivity contribution in [3.8, 4) is 0 Å². The molecule has 0 bridgehead atoms. The number of ether oxygens (including phenoxy) is 1. The van der Waals surface area contributed by atoms with E-state index in [-0.39, 0.29) is 6.04 Å². The van der Waals surface area contributed by atoms with Gasteiger partial charge in [0.1, 0.15) is 5.60 Å². The van der Waals surface area contributed by atoms with E-state index in [1.165, 1.54) is 0 Å². The van der Waals surface area contributed by atoms with Gasteiger partial charge in [-0.15, -0.1) is 0 Å². The maximum absolute atomic E-state index is 11.4. The second kappa shape index (κ2) is 5.18. The Labute approximate surface area is 101 Å². The van der Waals surface area contributed by atoms with Gasteiger partial charge in [0.2, 0.25) is 0 Å². The van der Waals surface area contributed by atoms with Crippen molar-refractivity contribution in [1.82, 2.24) is 15.1 Å². The maximum Gasteiger partial charge on any atom is 0.407 e. The second-order valence-electron chi connectivity index (χ2n) is 4.90. The molecule has 1 aromatic heterocycles. The molecule has 0 aliphatic heterocycles. The van der Waals surface area contributed by atoms with Gasteiger partial charge in [-0.25, -0.2) is 4.79 Å². The van der Waals surface area contributed by atoms with Crippen LogP contribution in [0.25, 0.3) is 0 Å². The van der Waals surface area contributed by atoms with Crippen molar-refractivity contribution in [1.29, 1.82) is 0 Å². The Morgan fingerprint density at radius 1 is 1.65 bits per heavy atom. The largest absolute Gasteiger partial charge is 0.444 e. The third kappa shape index (κ3) is 4.86. The fraction of sp³-hybridized carbons (Fsp3) is 0.636. The molecule has 0 aromatic carbocycles. The molecule has 17 heavy (non-hydrogen) atoms. The van der Waals surface area contributed by atoms with E-state index in [9.17, 15) is 4.79 Å². The maximum atomic E-state index is 11.4. The number of aromatic nitrogens is 2. The zero-order chi connectivity index (χ0) is 13.1. The first-order valence-corrected chi connectivity index (χ1v) is 5.50. The van der Waals surface area contributed by atoms with Crippen molar-refractivity contribution >= 4 is 6.09 Å². The number of carbonyl (C=O) groups excluding carboxylic acids is 1. The first-order valence-electron chi connectivity index (χ1n) is 5.50. The fourth-order valence-corrected chi connectivity index (χ4v) is 1.24. The number of carbonyl (C=O) groups is 1. The minimum Gasteiger partial charge on any atom is -0.444 e. The van der Waals surface area contributed by atoms with Crippen LogP contribution in [0.2, 0.25) is 0 Å². The molecule has 96 valence electrons. The third-order valence-corrected chi connectivity index (χ3v) is 1.98. The Morgan fingerprint density at radius 3 is 2.76 bits per heavy atom. The van der Waals surface area contributed by atoms with Crippen LogP contribution in [0.1, 0.15) is 32.5 Å². The summed E-state index contributed by atoms with van der Waals surface area (Å²) in [7, 11) is 1.82. The summed E-state index contributed by atoms with van der Waals surface area (Å²) in [5, 5.41) is 6.77. The highest BCUT2D eigenvalue weighted by Gasteiger charge is 2.17. The summed E-state index contributed by atoms with van der Waals surface area (Å²) < 4.78 is 6.77. The molecule has 0 spiro atoms. The van der Waals surface area contributed by atoms with E-state index in [1.807, 2.05) is 40.1 Å². The van der Waals surface area contributed by atoms with Crippen LogP contribution >= 0.6 is 0 Å². The summed E-state index contributed by atoms with van der Waals surface area (Å²) in [5.41, 5.74) is 6.11. The van der Waals surface area contributed by atoms with Crippen LogP contribution in [0.3, 0.4) is 0 Å². The average molecular weight is 240 g/mol. The monoisotopic (exact) mass is 240 g/mol. The van der Waals surface area contributed by atoms with Crippen molar-refractivity contribution in [3.05, 3.63) is 18.0 Å². The Balaban J connectivity index is 2.38. The fourth-order valence-electron chi connectivity index (χ4n) is 1.24. The van der Waals surface area contributed by atoms with Crippen LogP contribution in [0.15, 0.2) is 12.3 Å². The number of amides is 1. The number of nitrogens with one attached hydrogen (secondary N) is 1. The molecule has 1 rings (SSSR count). The Morgan fingerprint density at radius 2 is 2.29 bits per heavy atom. The average Bonchev–Trinajstić information content (AvgIpc) is 2.58. The van der Waals surface area contributed by atoms with Gasteiger partial charge in [-0.05, 0) is 26.8 Å². The number of hydrogen-bond donors (Lipinski definition) is 2. The van der Waals surface area contributed by atoms with Gasteiger partial charge in [0, 0.05) is 19.8 Å². The quantitative estimate of drug-likeness (QED) is 0.824. The van der Waals surface area contributed by atoms with Crippen LogP contribution in [0.5, 0.6) is 0 Å². The molecular weight excluding hydrogens is 220 g/mol. The predicted molar refractivity (Wildman–Crippen MR) is 64.4 cm³/mol. The van der Waals surface area contributed by atoms with Crippen LogP contribution in [0.4, 0.5) is 4.79 Å². The Hall–Kier alpha value is -1.56. The predicted octanol–water partition coefficient (Wildman–Crippen LogP) is 0.945. The standard InChI is InChI=1S/C11H20N4O2/c1-11(2,3)17-10(16)13-7-8(12)9-5-6-15(4)14-9/h5-6,8H,7,12H2,1-4H3,(H,13,16). The smallest absolute Gasteiger partial charge is 0.407 e. The minimum absolute atomic E-state index is 0.298. The van der Waals surface area contributed by atoms with Gasteiger partial charge < -0.3 is 15.8 Å². The van der Waals surface area contributed by atoms with E-state index in [2.05, 4.69) is 10.4 Å². The summed E-state index contributed by atoms with van der Waals surface area (Å²) in [4.78, 5) is 11.4. The molecule has 1 atom stereocenters. The molecule has 0 radical (unpaired) electrons. The van der Waals surface area contributed by atoms with Gasteiger partial charge in [0.15, 0.2) is 0 Å². The van der Waals surface area contributed by atoms with Crippen molar-refractivity contribution in [2.75, 3.05) is 6.54 Å². The van der Waals surface area contributed by atoms with Crippen LogP contribution in [0, 0.1) is 0 Å². The molecule has 3 N–H and O–H groups in total. The summed E-state index contributed by atoms with van der Waals surface area (Å²) >= 11 is 0. The third-order valence-electron chi connectivity index (χ3n) is 1.98. The summed E-state index contributed by atoms with van der Waals surface area (Å²) in [6, 6.07) is 1.49. The van der Waals surface area contributed by atoms with Crippen molar-refractivity contribution in [2.45, 2.75) is 32.4 Å². The topological polar surface area (TPSA) is 82.2 Å². The minimum atomic E-state index is -0.501. The van der Waals surface area contributed by atoms with Gasteiger partial charge in [-0.2, -0.15) is 5.10 Å². The van der Waals surface area contributed by atoms with E-state index in [4.69, 9.17) is 10.5 Å². The van der Waals surface area contributed by atoms with E-state index in [0.717, 1.165) is 5.69 Å². The van der Waals surface area contributed by atoms with Crippen LogP contribution < -0.4 is 11.1 Å². The lowest BCUT2D eigenvalue weighted by Crippen LogP contribution is -2.36. The van der Waals surface area contributed by atoms with Gasteiger partial charge in [-0.1, -0.05) is 0 Å². The van der Waals surface area contributed by atoms with Gasteiger partial charge >= 0.3 is 6.09 Å². The molecule has 0 aliphatic rings. The molecular formula is C11H20N4O2. The molecule has 0 saturated heterocycles. The van der Waals surface area contributed by atoms with Gasteiger partial charge in [-0.3, -0.25) is 4.68 Å². The van der Waals surface area contributed by atoms with Crippen molar-refractivity contribution < 1.29 is 9.53 Å². The molecule has 1 unspecified atom stereocenters. The number of hydrogen-bond acceptors (Lipinski definition) is 4. The Kier molecular flexibility index (Phi) is 4.11. The molecule has 6 nitrogen and oxygen atoms in total. The highest BCUT2D eigenvalue weighted by atomic mass is 16.6. The van der Waals surface area contributed by atoms with Crippen LogP contribution in [-0.4, -0.2) is 28.0 Å². The Bertz CT molecular complexity index is 381. The first-order chi connectivity index (χ1) is 7.78. The van der Waals surface area contributed by atoms with Crippen molar-refractivity contribution in [3.63, 3.8) is 0 Å². The molecule has 0 saturated carbocycles. The summed E-state index contributed by atoms with van der Waals surface area (Å²) in [5.74, 6) is 0. The molecule has 0 fully saturated rings. The highest BCUT2D eigenvalue weighted by Crippen LogP contribution is 2.08.